The SMILES string of the molecule is C=CCOOc1ccccc1. The molecule has 0 unspecified atom stereocenters. The average Bonchev–Trinajstić information content (AvgIpc) is 2.07. The van der Waals surface area contributed by atoms with Gasteiger partial charge in [-0.2, -0.15) is 4.89 Å². The minimum Gasteiger partial charge on any atom is -0.337 e. The van der Waals surface area contributed by atoms with Crippen LogP contribution in [0.1, 0.15) is 0 Å². The number of hydrogen-bond acceptors (Lipinski definition) is 2. The van der Waals surface area contributed by atoms with Gasteiger partial charge in [0.05, 0.1) is 0 Å². The summed E-state index contributed by atoms with van der Waals surface area (Å²) in [5, 5.41) is 0. The lowest BCUT2D eigenvalue weighted by Crippen LogP contribution is -1.95. The molecule has 0 aliphatic rings. The second-order valence-electron chi connectivity index (χ2n) is 1.97. The number of rotatable bonds is 4. The normalized spacial score (nSPS) is 9.09. The van der Waals surface area contributed by atoms with Crippen LogP contribution in [0, 0.1) is 0 Å². The standard InChI is InChI=1S/C9H10O2/c1-2-8-10-11-9-6-4-3-5-7-9/h2-7H,1,8H2. The van der Waals surface area contributed by atoms with Crippen molar-refractivity contribution in [2.24, 2.45) is 0 Å². The zero-order chi connectivity index (χ0) is 7.94. The Morgan fingerprint density at radius 3 is 2.64 bits per heavy atom. The number of benzene rings is 1. The number of para-hydroxylation sites is 1. The van der Waals surface area contributed by atoms with E-state index in [1.165, 1.54) is 0 Å². The van der Waals surface area contributed by atoms with Crippen molar-refractivity contribution in [3.63, 3.8) is 0 Å². The first-order chi connectivity index (χ1) is 5.43. The maximum Gasteiger partial charge on any atom is 0.165 e. The molecule has 1 aromatic carbocycles. The molecule has 0 aliphatic carbocycles. The van der Waals surface area contributed by atoms with Crippen molar-refractivity contribution in [3.05, 3.63) is 43.0 Å². The average molecular weight is 150 g/mol. The van der Waals surface area contributed by atoms with Crippen LogP contribution in [-0.4, -0.2) is 6.61 Å². The van der Waals surface area contributed by atoms with Gasteiger partial charge in [-0.05, 0) is 12.1 Å². The fraction of sp³-hybridized carbons (Fsp3) is 0.111. The van der Waals surface area contributed by atoms with Gasteiger partial charge >= 0.3 is 0 Å². The fourth-order valence-electron chi connectivity index (χ4n) is 0.626. The summed E-state index contributed by atoms with van der Waals surface area (Å²) in [5.74, 6) is 0.703. The van der Waals surface area contributed by atoms with Gasteiger partial charge in [-0.25, -0.2) is 0 Å². The monoisotopic (exact) mass is 150 g/mol. The third kappa shape index (κ3) is 2.87. The van der Waals surface area contributed by atoms with Crippen molar-refractivity contribution in [1.29, 1.82) is 0 Å². The molecule has 0 radical (unpaired) electrons. The number of hydrogen-bond donors (Lipinski definition) is 0. The molecule has 0 N–H and O–H groups in total. The first-order valence-electron chi connectivity index (χ1n) is 3.39. The minimum atomic E-state index is 0.398. The van der Waals surface area contributed by atoms with Crippen LogP contribution in [-0.2, 0) is 4.89 Å². The molecule has 2 nitrogen and oxygen atoms in total. The van der Waals surface area contributed by atoms with Gasteiger partial charge in [0.2, 0.25) is 0 Å². The summed E-state index contributed by atoms with van der Waals surface area (Å²) in [7, 11) is 0. The maximum atomic E-state index is 4.88. The third-order valence-corrected chi connectivity index (χ3v) is 1.08. The Morgan fingerprint density at radius 1 is 1.27 bits per heavy atom. The quantitative estimate of drug-likeness (QED) is 0.283. The summed E-state index contributed by atoms with van der Waals surface area (Å²) in [4.78, 5) is 9.63. The second-order valence-corrected chi connectivity index (χ2v) is 1.97. The molecule has 0 aliphatic heterocycles. The third-order valence-electron chi connectivity index (χ3n) is 1.08. The van der Waals surface area contributed by atoms with E-state index < -0.39 is 0 Å². The molecule has 0 atom stereocenters. The Balaban J connectivity index is 2.33. The van der Waals surface area contributed by atoms with Gasteiger partial charge in [-0.3, -0.25) is 0 Å². The van der Waals surface area contributed by atoms with Crippen LogP contribution in [0.4, 0.5) is 0 Å². The molecule has 11 heavy (non-hydrogen) atoms. The van der Waals surface area contributed by atoms with Crippen LogP contribution in [0.3, 0.4) is 0 Å². The highest BCUT2D eigenvalue weighted by molar-refractivity contribution is 5.20. The highest BCUT2D eigenvalue weighted by Crippen LogP contribution is 2.07. The summed E-state index contributed by atoms with van der Waals surface area (Å²) in [5.41, 5.74) is 0. The van der Waals surface area contributed by atoms with Crippen molar-refractivity contribution in [2.75, 3.05) is 6.61 Å². The van der Waals surface area contributed by atoms with Crippen LogP contribution < -0.4 is 4.89 Å². The van der Waals surface area contributed by atoms with E-state index in [-0.39, 0.29) is 0 Å². The molecule has 58 valence electrons. The molecular formula is C9H10O2. The van der Waals surface area contributed by atoms with Crippen LogP contribution in [0.25, 0.3) is 0 Å². The van der Waals surface area contributed by atoms with Crippen molar-refractivity contribution >= 4 is 0 Å². The maximum absolute atomic E-state index is 4.88. The van der Waals surface area contributed by atoms with E-state index in [1.54, 1.807) is 6.08 Å². The van der Waals surface area contributed by atoms with E-state index in [0.717, 1.165) is 0 Å². The topological polar surface area (TPSA) is 18.5 Å². The van der Waals surface area contributed by atoms with Gasteiger partial charge in [-0.15, -0.1) is 6.58 Å². The summed E-state index contributed by atoms with van der Waals surface area (Å²) in [6, 6.07) is 9.33. The van der Waals surface area contributed by atoms with Crippen LogP contribution in [0.2, 0.25) is 0 Å². The fourth-order valence-corrected chi connectivity index (χ4v) is 0.626. The Hall–Kier alpha value is -1.28. The molecule has 0 bridgehead atoms. The first-order valence-corrected chi connectivity index (χ1v) is 3.39. The Kier molecular flexibility index (Phi) is 3.22. The lowest BCUT2D eigenvalue weighted by atomic mass is 10.3. The van der Waals surface area contributed by atoms with E-state index in [2.05, 4.69) is 6.58 Å². The van der Waals surface area contributed by atoms with Gasteiger partial charge in [0, 0.05) is 0 Å². The molecule has 2 heteroatoms. The minimum absolute atomic E-state index is 0.398. The van der Waals surface area contributed by atoms with E-state index >= 15 is 0 Å². The molecule has 0 amide bonds. The first kappa shape index (κ1) is 7.82. The van der Waals surface area contributed by atoms with Crippen molar-refractivity contribution in [3.8, 4) is 5.75 Å². The molecule has 0 spiro atoms. The van der Waals surface area contributed by atoms with Crippen molar-refractivity contribution in [2.45, 2.75) is 0 Å². The summed E-state index contributed by atoms with van der Waals surface area (Å²) in [6.45, 7) is 3.88. The molecule has 1 rings (SSSR count). The molecular weight excluding hydrogens is 140 g/mol. The smallest absolute Gasteiger partial charge is 0.165 e. The van der Waals surface area contributed by atoms with Crippen molar-refractivity contribution in [1.82, 2.24) is 0 Å². The summed E-state index contributed by atoms with van der Waals surface area (Å²) < 4.78 is 0. The Labute approximate surface area is 66.0 Å². The highest BCUT2D eigenvalue weighted by atomic mass is 17.2. The summed E-state index contributed by atoms with van der Waals surface area (Å²) in [6.07, 6.45) is 1.63. The second kappa shape index (κ2) is 4.52. The molecule has 0 aromatic heterocycles. The molecule has 0 heterocycles. The van der Waals surface area contributed by atoms with Crippen LogP contribution in [0.15, 0.2) is 43.0 Å². The highest BCUT2D eigenvalue weighted by Gasteiger charge is 1.88. The molecule has 1 aromatic rings. The molecule has 0 saturated heterocycles. The van der Waals surface area contributed by atoms with E-state index in [9.17, 15) is 0 Å². The van der Waals surface area contributed by atoms with Gasteiger partial charge in [0.25, 0.3) is 0 Å². The van der Waals surface area contributed by atoms with E-state index in [1.807, 2.05) is 30.3 Å². The van der Waals surface area contributed by atoms with E-state index in [4.69, 9.17) is 9.78 Å². The van der Waals surface area contributed by atoms with Crippen LogP contribution in [0.5, 0.6) is 5.75 Å². The van der Waals surface area contributed by atoms with Crippen molar-refractivity contribution < 1.29 is 9.78 Å². The van der Waals surface area contributed by atoms with Gasteiger partial charge in [0.1, 0.15) is 6.61 Å². The zero-order valence-corrected chi connectivity index (χ0v) is 6.19. The zero-order valence-electron chi connectivity index (χ0n) is 6.19. The lowest BCUT2D eigenvalue weighted by molar-refractivity contribution is -0.195. The van der Waals surface area contributed by atoms with Crippen LogP contribution >= 0.6 is 0 Å². The Bertz CT molecular complexity index is 206. The summed E-state index contributed by atoms with van der Waals surface area (Å²) >= 11 is 0. The molecule has 0 fully saturated rings. The predicted octanol–water partition coefficient (Wildman–Crippen LogP) is 2.18. The molecule has 0 saturated carbocycles. The largest absolute Gasteiger partial charge is 0.337 e. The Morgan fingerprint density at radius 2 is 2.00 bits per heavy atom. The van der Waals surface area contributed by atoms with Gasteiger partial charge in [-0.1, -0.05) is 24.3 Å². The lowest BCUT2D eigenvalue weighted by Gasteiger charge is -2.00. The van der Waals surface area contributed by atoms with Gasteiger partial charge in [0.15, 0.2) is 5.75 Å². The van der Waals surface area contributed by atoms with E-state index in [0.29, 0.717) is 12.4 Å². The predicted molar refractivity (Wildman–Crippen MR) is 43.2 cm³/mol. The van der Waals surface area contributed by atoms with Gasteiger partial charge < -0.3 is 4.89 Å².